The normalized spacial score (nSPS) is 20.0. The molecule has 0 aliphatic carbocycles. The first-order chi connectivity index (χ1) is 11.2. The summed E-state index contributed by atoms with van der Waals surface area (Å²) in [6.07, 6.45) is 1.35. The maximum atomic E-state index is 12.9. The lowest BCUT2D eigenvalue weighted by molar-refractivity contribution is -0.122. The Morgan fingerprint density at radius 3 is 2.39 bits per heavy atom. The van der Waals surface area contributed by atoms with Crippen molar-refractivity contribution < 1.29 is 9.90 Å². The first-order valence-electron chi connectivity index (χ1n) is 8.07. The van der Waals surface area contributed by atoms with Crippen LogP contribution in [-0.2, 0) is 4.79 Å². The van der Waals surface area contributed by atoms with E-state index >= 15 is 0 Å². The minimum absolute atomic E-state index is 0.0588. The van der Waals surface area contributed by atoms with Crippen LogP contribution < -0.4 is 5.32 Å². The zero-order valence-corrected chi connectivity index (χ0v) is 13.1. The van der Waals surface area contributed by atoms with Gasteiger partial charge in [-0.2, -0.15) is 0 Å². The van der Waals surface area contributed by atoms with E-state index in [4.69, 9.17) is 0 Å². The lowest BCUT2D eigenvalue weighted by Crippen LogP contribution is -2.44. The number of rotatable bonds is 4. The van der Waals surface area contributed by atoms with Gasteiger partial charge >= 0.3 is 0 Å². The van der Waals surface area contributed by atoms with Crippen LogP contribution in [0.15, 0.2) is 60.7 Å². The SMILES string of the molecule is O=C(Nc1ccccc1)C(c1ccccc1)N1CCCC(O)C1. The largest absolute Gasteiger partial charge is 0.392 e. The van der Waals surface area contributed by atoms with Crippen molar-refractivity contribution in [3.05, 3.63) is 66.2 Å². The molecule has 1 amide bonds. The lowest BCUT2D eigenvalue weighted by atomic mass is 10.00. The number of hydrogen-bond acceptors (Lipinski definition) is 3. The third-order valence-corrected chi connectivity index (χ3v) is 4.20. The minimum Gasteiger partial charge on any atom is -0.392 e. The van der Waals surface area contributed by atoms with Crippen LogP contribution >= 0.6 is 0 Å². The van der Waals surface area contributed by atoms with E-state index in [1.54, 1.807) is 0 Å². The quantitative estimate of drug-likeness (QED) is 0.913. The number of amides is 1. The molecule has 3 rings (SSSR count). The molecule has 2 aromatic rings. The number of β-amino-alcohol motifs (C(OH)–C–C–N with tert-alkyl or cyclic N) is 1. The summed E-state index contributed by atoms with van der Waals surface area (Å²) < 4.78 is 0. The van der Waals surface area contributed by atoms with E-state index < -0.39 is 0 Å². The van der Waals surface area contributed by atoms with Crippen LogP contribution in [0.25, 0.3) is 0 Å². The molecule has 1 heterocycles. The Hall–Kier alpha value is -2.17. The maximum absolute atomic E-state index is 12.9. The van der Waals surface area contributed by atoms with Gasteiger partial charge in [0.05, 0.1) is 6.10 Å². The highest BCUT2D eigenvalue weighted by Gasteiger charge is 2.31. The zero-order valence-electron chi connectivity index (χ0n) is 13.1. The van der Waals surface area contributed by atoms with Crippen LogP contribution in [0.2, 0.25) is 0 Å². The Labute approximate surface area is 136 Å². The second-order valence-electron chi connectivity index (χ2n) is 5.96. The summed E-state index contributed by atoms with van der Waals surface area (Å²) in [6, 6.07) is 18.9. The molecular formula is C19H22N2O2. The molecule has 2 unspecified atom stereocenters. The fourth-order valence-corrected chi connectivity index (χ4v) is 3.11. The van der Waals surface area contributed by atoms with E-state index in [1.807, 2.05) is 60.7 Å². The van der Waals surface area contributed by atoms with Crippen molar-refractivity contribution in [2.24, 2.45) is 0 Å². The average Bonchev–Trinajstić information content (AvgIpc) is 2.57. The standard InChI is InChI=1S/C19H22N2O2/c22-17-12-7-13-21(14-17)18(15-8-3-1-4-9-15)19(23)20-16-10-5-2-6-11-16/h1-6,8-11,17-18,22H,7,12-14H2,(H,20,23). The van der Waals surface area contributed by atoms with Crippen molar-refractivity contribution in [3.8, 4) is 0 Å². The topological polar surface area (TPSA) is 52.6 Å². The molecular weight excluding hydrogens is 288 g/mol. The summed E-state index contributed by atoms with van der Waals surface area (Å²) in [7, 11) is 0. The molecule has 2 N–H and O–H groups in total. The number of nitrogens with zero attached hydrogens (tertiary/aromatic N) is 1. The Bertz CT molecular complexity index is 630. The number of carbonyl (C=O) groups excluding carboxylic acids is 1. The molecule has 2 atom stereocenters. The number of para-hydroxylation sites is 1. The molecule has 1 fully saturated rings. The van der Waals surface area contributed by atoms with Crippen molar-refractivity contribution in [1.82, 2.24) is 4.90 Å². The van der Waals surface area contributed by atoms with Gasteiger partial charge in [-0.3, -0.25) is 9.69 Å². The van der Waals surface area contributed by atoms with Gasteiger partial charge in [-0.1, -0.05) is 48.5 Å². The fraction of sp³-hybridized carbons (Fsp3) is 0.316. The number of piperidine rings is 1. The second kappa shape index (κ2) is 7.40. The summed E-state index contributed by atoms with van der Waals surface area (Å²) in [4.78, 5) is 15.0. The molecule has 0 bridgehead atoms. The molecule has 0 radical (unpaired) electrons. The molecule has 0 saturated carbocycles. The van der Waals surface area contributed by atoms with Gasteiger partial charge in [-0.05, 0) is 37.1 Å². The monoisotopic (exact) mass is 310 g/mol. The van der Waals surface area contributed by atoms with E-state index in [9.17, 15) is 9.90 Å². The third kappa shape index (κ3) is 3.97. The maximum Gasteiger partial charge on any atom is 0.246 e. The summed E-state index contributed by atoms with van der Waals surface area (Å²) in [5.74, 6) is -0.0588. The second-order valence-corrected chi connectivity index (χ2v) is 5.96. The smallest absolute Gasteiger partial charge is 0.246 e. The molecule has 1 saturated heterocycles. The highest BCUT2D eigenvalue weighted by molar-refractivity contribution is 5.95. The Morgan fingerprint density at radius 1 is 1.09 bits per heavy atom. The number of aliphatic hydroxyl groups is 1. The van der Waals surface area contributed by atoms with Crippen molar-refractivity contribution in [1.29, 1.82) is 0 Å². The van der Waals surface area contributed by atoms with Gasteiger partial charge in [0.2, 0.25) is 5.91 Å². The average molecular weight is 310 g/mol. The third-order valence-electron chi connectivity index (χ3n) is 4.20. The molecule has 23 heavy (non-hydrogen) atoms. The van der Waals surface area contributed by atoms with Crippen LogP contribution in [0, 0.1) is 0 Å². The number of hydrogen-bond donors (Lipinski definition) is 2. The fourth-order valence-electron chi connectivity index (χ4n) is 3.11. The number of aliphatic hydroxyl groups excluding tert-OH is 1. The molecule has 0 spiro atoms. The highest BCUT2D eigenvalue weighted by Crippen LogP contribution is 2.26. The van der Waals surface area contributed by atoms with Gasteiger partial charge < -0.3 is 10.4 Å². The van der Waals surface area contributed by atoms with Gasteiger partial charge in [0, 0.05) is 12.2 Å². The summed E-state index contributed by atoms with van der Waals surface area (Å²) in [5.41, 5.74) is 1.74. The summed E-state index contributed by atoms with van der Waals surface area (Å²) in [5, 5.41) is 13.0. The van der Waals surface area contributed by atoms with Crippen molar-refractivity contribution in [2.75, 3.05) is 18.4 Å². The van der Waals surface area contributed by atoms with Gasteiger partial charge in [0.15, 0.2) is 0 Å². The predicted octanol–water partition coefficient (Wildman–Crippen LogP) is 2.82. The van der Waals surface area contributed by atoms with Gasteiger partial charge in [0.1, 0.15) is 6.04 Å². The highest BCUT2D eigenvalue weighted by atomic mass is 16.3. The number of carbonyl (C=O) groups is 1. The lowest BCUT2D eigenvalue weighted by Gasteiger charge is -2.36. The number of nitrogens with one attached hydrogen (secondary N) is 1. The first-order valence-corrected chi connectivity index (χ1v) is 8.07. The van der Waals surface area contributed by atoms with E-state index in [-0.39, 0.29) is 18.1 Å². The van der Waals surface area contributed by atoms with Crippen LogP contribution in [0.5, 0.6) is 0 Å². The molecule has 1 aliphatic rings. The Morgan fingerprint density at radius 2 is 1.74 bits per heavy atom. The van der Waals surface area contributed by atoms with Crippen LogP contribution in [0.4, 0.5) is 5.69 Å². The Balaban J connectivity index is 1.84. The van der Waals surface area contributed by atoms with Gasteiger partial charge in [-0.25, -0.2) is 0 Å². The van der Waals surface area contributed by atoms with E-state index in [2.05, 4.69) is 10.2 Å². The van der Waals surface area contributed by atoms with Crippen LogP contribution in [-0.4, -0.2) is 35.1 Å². The molecule has 0 aromatic heterocycles. The van der Waals surface area contributed by atoms with Crippen LogP contribution in [0.3, 0.4) is 0 Å². The molecule has 4 heteroatoms. The van der Waals surface area contributed by atoms with E-state index in [0.717, 1.165) is 30.6 Å². The minimum atomic E-state index is -0.383. The molecule has 4 nitrogen and oxygen atoms in total. The molecule has 120 valence electrons. The predicted molar refractivity (Wildman–Crippen MR) is 91.1 cm³/mol. The van der Waals surface area contributed by atoms with Crippen molar-refractivity contribution >= 4 is 11.6 Å². The number of likely N-dealkylation sites (tertiary alicyclic amines) is 1. The zero-order chi connectivity index (χ0) is 16.1. The number of anilines is 1. The first kappa shape index (κ1) is 15.7. The Kier molecular flexibility index (Phi) is 5.05. The van der Waals surface area contributed by atoms with Gasteiger partial charge in [0.25, 0.3) is 0 Å². The summed E-state index contributed by atoms with van der Waals surface area (Å²) >= 11 is 0. The molecule has 2 aromatic carbocycles. The van der Waals surface area contributed by atoms with E-state index in [0.29, 0.717) is 6.54 Å². The molecule has 1 aliphatic heterocycles. The van der Waals surface area contributed by atoms with E-state index in [1.165, 1.54) is 0 Å². The number of benzene rings is 2. The van der Waals surface area contributed by atoms with Crippen molar-refractivity contribution in [3.63, 3.8) is 0 Å². The van der Waals surface area contributed by atoms with Crippen molar-refractivity contribution in [2.45, 2.75) is 25.0 Å². The van der Waals surface area contributed by atoms with Crippen LogP contribution in [0.1, 0.15) is 24.4 Å². The summed E-state index contributed by atoms with van der Waals surface area (Å²) in [6.45, 7) is 1.35. The van der Waals surface area contributed by atoms with Gasteiger partial charge in [-0.15, -0.1) is 0 Å².